The van der Waals surface area contributed by atoms with Crippen molar-refractivity contribution in [2.75, 3.05) is 19.7 Å². The molecule has 1 aromatic heterocycles. The number of rotatable bonds is 5. The van der Waals surface area contributed by atoms with Crippen LogP contribution in [0, 0.1) is 6.92 Å². The molecule has 2 N–H and O–H groups in total. The number of nitrogens with one attached hydrogen (secondary N) is 1. The molecule has 0 bridgehead atoms. The highest BCUT2D eigenvalue weighted by Crippen LogP contribution is 2.26. The number of likely N-dealkylation sites (tertiary alicyclic amines) is 1. The van der Waals surface area contributed by atoms with E-state index in [4.69, 9.17) is 16.3 Å². The molecule has 24 heavy (non-hydrogen) atoms. The number of ether oxygens (including phenoxy) is 1. The van der Waals surface area contributed by atoms with Gasteiger partial charge >= 0.3 is 0 Å². The van der Waals surface area contributed by atoms with E-state index in [-0.39, 0.29) is 0 Å². The van der Waals surface area contributed by atoms with Crippen LogP contribution in [0.15, 0.2) is 30.5 Å². The molecule has 2 aromatic rings. The Kier molecular flexibility index (Phi) is 5.43. The predicted octanol–water partition coefficient (Wildman–Crippen LogP) is 3.17. The third-order valence-electron chi connectivity index (χ3n) is 4.64. The number of aromatic amines is 1. The molecule has 0 spiro atoms. The number of benzene rings is 1. The maximum Gasteiger partial charge on any atom is 0.120 e. The normalized spacial score (nSPS) is 22.3. The molecule has 1 aliphatic heterocycles. The predicted molar refractivity (Wildman–Crippen MR) is 94.3 cm³/mol. The molecule has 2 heterocycles. The van der Waals surface area contributed by atoms with Gasteiger partial charge in [0, 0.05) is 29.4 Å². The first kappa shape index (κ1) is 17.3. The number of aromatic nitrogens is 2. The molecular formula is C18H24ClN3O2. The lowest BCUT2D eigenvalue weighted by Gasteiger charge is -2.27. The Bertz CT molecular complexity index is 676. The van der Waals surface area contributed by atoms with Crippen molar-refractivity contribution in [1.82, 2.24) is 15.1 Å². The number of aliphatic hydroxyl groups is 1. The summed E-state index contributed by atoms with van der Waals surface area (Å²) in [6, 6.07) is 7.30. The zero-order chi connectivity index (χ0) is 17.0. The minimum atomic E-state index is -0.789. The molecule has 3 rings (SSSR count). The van der Waals surface area contributed by atoms with Crippen molar-refractivity contribution in [3.8, 4) is 5.75 Å². The number of halogens is 1. The third-order valence-corrected chi connectivity index (χ3v) is 4.88. The lowest BCUT2D eigenvalue weighted by atomic mass is 9.96. The lowest BCUT2D eigenvalue weighted by Crippen LogP contribution is -2.37. The standard InChI is InChI=1S/C18H24ClN3O2/c1-14-15(11-20-21-14)12-22-8-3-6-18(23,7-9-22)13-24-17-5-2-4-16(19)10-17/h2,4-5,10-11,23H,3,6-9,12-13H2,1H3,(H,20,21). The van der Waals surface area contributed by atoms with Gasteiger partial charge in [0.2, 0.25) is 0 Å². The summed E-state index contributed by atoms with van der Waals surface area (Å²) in [6.07, 6.45) is 4.28. The van der Waals surface area contributed by atoms with E-state index in [1.807, 2.05) is 31.3 Å². The number of nitrogens with zero attached hydrogens (tertiary/aromatic N) is 2. The van der Waals surface area contributed by atoms with Crippen molar-refractivity contribution in [3.05, 3.63) is 46.7 Å². The van der Waals surface area contributed by atoms with Gasteiger partial charge in [-0.05, 0) is 50.9 Å². The van der Waals surface area contributed by atoms with Crippen LogP contribution in [-0.2, 0) is 6.54 Å². The summed E-state index contributed by atoms with van der Waals surface area (Å²) in [5, 5.41) is 18.6. The van der Waals surface area contributed by atoms with Crippen LogP contribution in [0.1, 0.15) is 30.5 Å². The zero-order valence-corrected chi connectivity index (χ0v) is 14.7. The maximum atomic E-state index is 10.9. The summed E-state index contributed by atoms with van der Waals surface area (Å²) in [7, 11) is 0. The second kappa shape index (κ2) is 7.55. The fraction of sp³-hybridized carbons (Fsp3) is 0.500. The Labute approximate surface area is 147 Å². The highest BCUT2D eigenvalue weighted by Gasteiger charge is 2.31. The van der Waals surface area contributed by atoms with E-state index in [1.54, 1.807) is 6.07 Å². The molecule has 1 fully saturated rings. The largest absolute Gasteiger partial charge is 0.491 e. The Balaban J connectivity index is 1.54. The van der Waals surface area contributed by atoms with Gasteiger partial charge in [0.05, 0.1) is 11.8 Å². The molecule has 1 saturated heterocycles. The number of aryl methyl sites for hydroxylation is 1. The average Bonchev–Trinajstić information content (AvgIpc) is 2.86. The van der Waals surface area contributed by atoms with Crippen LogP contribution in [0.5, 0.6) is 5.75 Å². The molecule has 1 atom stereocenters. The molecule has 130 valence electrons. The maximum absolute atomic E-state index is 10.9. The summed E-state index contributed by atoms with van der Waals surface area (Å²) < 4.78 is 5.78. The Hall–Kier alpha value is -1.56. The van der Waals surface area contributed by atoms with E-state index in [1.165, 1.54) is 5.56 Å². The fourth-order valence-electron chi connectivity index (χ4n) is 3.09. The number of hydrogen-bond acceptors (Lipinski definition) is 4. The van der Waals surface area contributed by atoms with Crippen molar-refractivity contribution in [3.63, 3.8) is 0 Å². The smallest absolute Gasteiger partial charge is 0.120 e. The van der Waals surface area contributed by atoms with E-state index in [2.05, 4.69) is 15.1 Å². The fourth-order valence-corrected chi connectivity index (χ4v) is 3.27. The topological polar surface area (TPSA) is 61.4 Å². The van der Waals surface area contributed by atoms with Gasteiger partial charge in [-0.25, -0.2) is 0 Å². The summed E-state index contributed by atoms with van der Waals surface area (Å²) >= 11 is 5.97. The molecule has 0 radical (unpaired) electrons. The van der Waals surface area contributed by atoms with Crippen molar-refractivity contribution in [2.45, 2.75) is 38.3 Å². The van der Waals surface area contributed by atoms with Crippen LogP contribution < -0.4 is 4.74 Å². The van der Waals surface area contributed by atoms with Crippen LogP contribution >= 0.6 is 11.6 Å². The molecule has 1 unspecified atom stereocenters. The molecule has 0 amide bonds. The van der Waals surface area contributed by atoms with Gasteiger partial charge in [-0.3, -0.25) is 10.00 Å². The first-order valence-electron chi connectivity index (χ1n) is 8.36. The highest BCUT2D eigenvalue weighted by atomic mass is 35.5. The van der Waals surface area contributed by atoms with Crippen LogP contribution in [0.25, 0.3) is 0 Å². The zero-order valence-electron chi connectivity index (χ0n) is 14.0. The quantitative estimate of drug-likeness (QED) is 0.870. The summed E-state index contributed by atoms with van der Waals surface area (Å²) in [6.45, 7) is 5.03. The Morgan fingerprint density at radius 1 is 1.38 bits per heavy atom. The van der Waals surface area contributed by atoms with Crippen molar-refractivity contribution in [2.24, 2.45) is 0 Å². The highest BCUT2D eigenvalue weighted by molar-refractivity contribution is 6.30. The van der Waals surface area contributed by atoms with Gasteiger partial charge in [-0.2, -0.15) is 5.10 Å². The van der Waals surface area contributed by atoms with Crippen molar-refractivity contribution < 1.29 is 9.84 Å². The van der Waals surface area contributed by atoms with E-state index in [0.29, 0.717) is 23.8 Å². The third kappa shape index (κ3) is 4.50. The number of hydrogen-bond donors (Lipinski definition) is 2. The van der Waals surface area contributed by atoms with Gasteiger partial charge in [-0.15, -0.1) is 0 Å². The molecule has 0 saturated carbocycles. The van der Waals surface area contributed by atoms with Gasteiger partial charge in [0.15, 0.2) is 0 Å². The van der Waals surface area contributed by atoms with Crippen LogP contribution in [0.2, 0.25) is 5.02 Å². The SMILES string of the molecule is Cc1[nH]ncc1CN1CCCC(O)(COc2cccc(Cl)c2)CC1. The van der Waals surface area contributed by atoms with E-state index in [0.717, 1.165) is 38.2 Å². The van der Waals surface area contributed by atoms with Crippen molar-refractivity contribution >= 4 is 11.6 Å². The lowest BCUT2D eigenvalue weighted by molar-refractivity contribution is -0.0168. The van der Waals surface area contributed by atoms with Crippen LogP contribution in [-0.4, -0.2) is 45.5 Å². The molecule has 1 aliphatic rings. The second-order valence-electron chi connectivity index (χ2n) is 6.62. The first-order chi connectivity index (χ1) is 11.5. The first-order valence-corrected chi connectivity index (χ1v) is 8.74. The number of H-pyrrole nitrogens is 1. The van der Waals surface area contributed by atoms with Crippen LogP contribution in [0.3, 0.4) is 0 Å². The Morgan fingerprint density at radius 3 is 3.00 bits per heavy atom. The molecular weight excluding hydrogens is 326 g/mol. The van der Waals surface area contributed by atoms with Crippen LogP contribution in [0.4, 0.5) is 0 Å². The van der Waals surface area contributed by atoms with Gasteiger partial charge < -0.3 is 9.84 Å². The average molecular weight is 350 g/mol. The summed E-state index contributed by atoms with van der Waals surface area (Å²) in [5.41, 5.74) is 1.54. The van der Waals surface area contributed by atoms with Gasteiger partial charge in [0.1, 0.15) is 12.4 Å². The van der Waals surface area contributed by atoms with E-state index in [9.17, 15) is 5.11 Å². The van der Waals surface area contributed by atoms with Crippen molar-refractivity contribution in [1.29, 1.82) is 0 Å². The van der Waals surface area contributed by atoms with Gasteiger partial charge in [-0.1, -0.05) is 17.7 Å². The second-order valence-corrected chi connectivity index (χ2v) is 7.06. The van der Waals surface area contributed by atoms with Gasteiger partial charge in [0.25, 0.3) is 0 Å². The monoisotopic (exact) mass is 349 g/mol. The molecule has 6 heteroatoms. The van der Waals surface area contributed by atoms with E-state index < -0.39 is 5.60 Å². The minimum absolute atomic E-state index is 0.298. The minimum Gasteiger partial charge on any atom is -0.491 e. The summed E-state index contributed by atoms with van der Waals surface area (Å²) in [5.74, 6) is 0.700. The van der Waals surface area contributed by atoms with E-state index >= 15 is 0 Å². The Morgan fingerprint density at radius 2 is 2.25 bits per heavy atom. The molecule has 0 aliphatic carbocycles. The summed E-state index contributed by atoms with van der Waals surface area (Å²) in [4.78, 5) is 2.37. The molecule has 1 aromatic carbocycles. The molecule has 5 nitrogen and oxygen atoms in total.